The summed E-state index contributed by atoms with van der Waals surface area (Å²) in [5.41, 5.74) is 2.18. The van der Waals surface area contributed by atoms with Crippen molar-refractivity contribution in [2.24, 2.45) is 0 Å². The van der Waals surface area contributed by atoms with Gasteiger partial charge in [-0.25, -0.2) is 9.97 Å². The second kappa shape index (κ2) is 8.47. The average Bonchev–Trinajstić information content (AvgIpc) is 2.71. The van der Waals surface area contributed by atoms with Crippen molar-refractivity contribution in [3.05, 3.63) is 65.6 Å². The Morgan fingerprint density at radius 3 is 2.50 bits per heavy atom. The molecule has 0 saturated heterocycles. The maximum Gasteiger partial charge on any atom is 0.251 e. The van der Waals surface area contributed by atoms with Crippen LogP contribution in [0, 0.1) is 6.92 Å². The predicted octanol–water partition coefficient (Wildman–Crippen LogP) is 2.34. The van der Waals surface area contributed by atoms with Gasteiger partial charge in [0.2, 0.25) is 5.91 Å². The van der Waals surface area contributed by atoms with Crippen LogP contribution in [0.15, 0.2) is 48.5 Å². The fraction of sp³-hybridized carbons (Fsp3) is 0.238. The van der Waals surface area contributed by atoms with Crippen molar-refractivity contribution < 1.29 is 14.3 Å². The molecule has 28 heavy (non-hydrogen) atoms. The molecule has 3 aromatic rings. The van der Waals surface area contributed by atoms with Crippen molar-refractivity contribution in [3.8, 4) is 5.75 Å². The highest BCUT2D eigenvalue weighted by Gasteiger charge is 2.14. The van der Waals surface area contributed by atoms with Gasteiger partial charge in [-0.2, -0.15) is 0 Å². The zero-order chi connectivity index (χ0) is 20.1. The van der Waals surface area contributed by atoms with Crippen molar-refractivity contribution in [1.82, 2.24) is 20.2 Å². The summed E-state index contributed by atoms with van der Waals surface area (Å²) in [6.45, 7) is 2.08. The van der Waals surface area contributed by atoms with Gasteiger partial charge in [0.15, 0.2) is 0 Å². The maximum absolute atomic E-state index is 12.4. The summed E-state index contributed by atoms with van der Waals surface area (Å²) < 4.78 is 5.07. The molecule has 0 fully saturated rings. The van der Waals surface area contributed by atoms with E-state index in [-0.39, 0.29) is 24.9 Å². The van der Waals surface area contributed by atoms with Crippen molar-refractivity contribution in [3.63, 3.8) is 0 Å². The number of fused-ring (bicyclic) bond motifs is 1. The van der Waals surface area contributed by atoms with Crippen molar-refractivity contribution in [1.29, 1.82) is 0 Å². The van der Waals surface area contributed by atoms with Crippen molar-refractivity contribution in [2.75, 3.05) is 20.7 Å². The molecular weight excluding hydrogens is 356 g/mol. The van der Waals surface area contributed by atoms with Gasteiger partial charge in [0.1, 0.15) is 11.6 Å². The lowest BCUT2D eigenvalue weighted by molar-refractivity contribution is -0.129. The highest BCUT2D eigenvalue weighted by Crippen LogP contribution is 2.15. The van der Waals surface area contributed by atoms with Crippen LogP contribution in [0.5, 0.6) is 5.75 Å². The number of carbonyl (C=O) groups is 2. The summed E-state index contributed by atoms with van der Waals surface area (Å²) in [6.07, 6.45) is 0. The van der Waals surface area contributed by atoms with Crippen LogP contribution >= 0.6 is 0 Å². The molecule has 0 unspecified atom stereocenters. The molecule has 0 bridgehead atoms. The topological polar surface area (TPSA) is 84.4 Å². The van der Waals surface area contributed by atoms with Gasteiger partial charge in [0, 0.05) is 23.7 Å². The van der Waals surface area contributed by atoms with E-state index in [0.29, 0.717) is 17.1 Å². The largest absolute Gasteiger partial charge is 0.497 e. The number of nitrogens with zero attached hydrogens (tertiary/aromatic N) is 3. The summed E-state index contributed by atoms with van der Waals surface area (Å²) >= 11 is 0. The number of carbonyl (C=O) groups excluding carboxylic acids is 2. The van der Waals surface area contributed by atoms with Crippen LogP contribution < -0.4 is 10.1 Å². The van der Waals surface area contributed by atoms with Gasteiger partial charge in [-0.1, -0.05) is 18.2 Å². The number of aromatic nitrogens is 2. The van der Waals surface area contributed by atoms with Crippen molar-refractivity contribution in [2.45, 2.75) is 13.5 Å². The highest BCUT2D eigenvalue weighted by atomic mass is 16.5. The molecule has 2 aromatic carbocycles. The third kappa shape index (κ3) is 4.43. The second-order valence-corrected chi connectivity index (χ2v) is 6.40. The van der Waals surface area contributed by atoms with Gasteiger partial charge in [0.25, 0.3) is 5.91 Å². The van der Waals surface area contributed by atoms with Gasteiger partial charge in [-0.3, -0.25) is 9.59 Å². The Morgan fingerprint density at radius 1 is 1.07 bits per heavy atom. The fourth-order valence-electron chi connectivity index (χ4n) is 2.80. The number of para-hydroxylation sites is 1. The van der Waals surface area contributed by atoms with Crippen LogP contribution in [0.2, 0.25) is 0 Å². The number of benzene rings is 2. The normalized spacial score (nSPS) is 10.5. The van der Waals surface area contributed by atoms with E-state index in [1.165, 1.54) is 4.90 Å². The Kier molecular flexibility index (Phi) is 5.84. The number of ether oxygens (including phenoxy) is 1. The standard InChI is InChI=1S/C21H22N4O3/c1-14-17-6-4-5-7-18(17)24-19(23-14)13-25(2)20(26)12-22-21(27)15-8-10-16(28-3)11-9-15/h4-11H,12-13H2,1-3H3,(H,22,27). The highest BCUT2D eigenvalue weighted by molar-refractivity contribution is 5.96. The molecule has 0 spiro atoms. The third-order valence-electron chi connectivity index (χ3n) is 4.40. The zero-order valence-corrected chi connectivity index (χ0v) is 16.1. The van der Waals surface area contributed by atoms with Crippen molar-refractivity contribution >= 4 is 22.7 Å². The molecular formula is C21H22N4O3. The van der Waals surface area contributed by atoms with Crippen LogP contribution in [0.3, 0.4) is 0 Å². The van der Waals surface area contributed by atoms with E-state index >= 15 is 0 Å². The summed E-state index contributed by atoms with van der Waals surface area (Å²) in [7, 11) is 3.22. The molecule has 1 heterocycles. The lowest BCUT2D eigenvalue weighted by Gasteiger charge is -2.17. The Labute approximate surface area is 163 Å². The Balaban J connectivity index is 1.59. The van der Waals surface area contributed by atoms with Crippen LogP contribution in [-0.4, -0.2) is 47.4 Å². The minimum absolute atomic E-state index is 0.103. The first-order chi connectivity index (χ1) is 13.5. The van der Waals surface area contributed by atoms with E-state index in [1.54, 1.807) is 38.4 Å². The number of hydrogen-bond donors (Lipinski definition) is 1. The van der Waals surface area contributed by atoms with Crippen LogP contribution in [-0.2, 0) is 11.3 Å². The van der Waals surface area contributed by atoms with Gasteiger partial charge in [-0.15, -0.1) is 0 Å². The Morgan fingerprint density at radius 2 is 1.79 bits per heavy atom. The van der Waals surface area contributed by atoms with Crippen LogP contribution in [0.4, 0.5) is 0 Å². The summed E-state index contributed by atoms with van der Waals surface area (Å²) in [5.74, 6) is 0.685. The van der Waals surface area contributed by atoms with Gasteiger partial charge < -0.3 is 15.0 Å². The van der Waals surface area contributed by atoms with Crippen LogP contribution in [0.1, 0.15) is 21.9 Å². The molecule has 1 aromatic heterocycles. The van der Waals surface area contributed by atoms with Gasteiger partial charge >= 0.3 is 0 Å². The molecule has 0 aliphatic heterocycles. The number of aryl methyl sites for hydroxylation is 1. The fourth-order valence-corrected chi connectivity index (χ4v) is 2.80. The number of hydrogen-bond acceptors (Lipinski definition) is 5. The van der Waals surface area contributed by atoms with E-state index < -0.39 is 0 Å². The lowest BCUT2D eigenvalue weighted by Crippen LogP contribution is -2.38. The maximum atomic E-state index is 12.4. The first-order valence-electron chi connectivity index (χ1n) is 8.86. The first kappa shape index (κ1) is 19.3. The summed E-state index contributed by atoms with van der Waals surface area (Å²) in [6, 6.07) is 14.4. The van der Waals surface area contributed by atoms with Gasteiger partial charge in [-0.05, 0) is 37.3 Å². The molecule has 7 heteroatoms. The minimum atomic E-state index is -0.317. The molecule has 0 saturated carbocycles. The number of rotatable bonds is 6. The average molecular weight is 378 g/mol. The molecule has 0 aliphatic carbocycles. The summed E-state index contributed by atoms with van der Waals surface area (Å²) in [5, 5.41) is 3.62. The number of likely N-dealkylation sites (N-methyl/N-ethyl adjacent to an activating group) is 1. The first-order valence-corrected chi connectivity index (χ1v) is 8.86. The molecule has 0 atom stereocenters. The Bertz CT molecular complexity index is 1000. The zero-order valence-electron chi connectivity index (χ0n) is 16.1. The lowest BCUT2D eigenvalue weighted by atomic mass is 10.2. The second-order valence-electron chi connectivity index (χ2n) is 6.40. The quantitative estimate of drug-likeness (QED) is 0.712. The Hall–Kier alpha value is -3.48. The van der Waals surface area contributed by atoms with E-state index in [2.05, 4.69) is 15.3 Å². The van der Waals surface area contributed by atoms with Crippen LogP contribution in [0.25, 0.3) is 10.9 Å². The number of amides is 2. The molecule has 2 amide bonds. The minimum Gasteiger partial charge on any atom is -0.497 e. The molecule has 144 valence electrons. The molecule has 1 N–H and O–H groups in total. The molecule has 7 nitrogen and oxygen atoms in total. The monoisotopic (exact) mass is 378 g/mol. The molecule has 0 aliphatic rings. The number of methoxy groups -OCH3 is 1. The van der Waals surface area contributed by atoms with E-state index in [9.17, 15) is 9.59 Å². The van der Waals surface area contributed by atoms with Gasteiger partial charge in [0.05, 0.1) is 25.7 Å². The molecule has 0 radical (unpaired) electrons. The van der Waals surface area contributed by atoms with E-state index in [0.717, 1.165) is 16.6 Å². The third-order valence-corrected chi connectivity index (χ3v) is 4.40. The summed E-state index contributed by atoms with van der Waals surface area (Å²) in [4.78, 5) is 35.0. The van der Waals surface area contributed by atoms with E-state index in [4.69, 9.17) is 4.74 Å². The molecule has 3 rings (SSSR count). The number of nitrogens with one attached hydrogen (secondary N) is 1. The van der Waals surface area contributed by atoms with E-state index in [1.807, 2.05) is 31.2 Å². The smallest absolute Gasteiger partial charge is 0.251 e. The SMILES string of the molecule is COc1ccc(C(=O)NCC(=O)N(C)Cc2nc(C)c3ccccc3n2)cc1. The predicted molar refractivity (Wildman–Crippen MR) is 106 cm³/mol.